The summed E-state index contributed by atoms with van der Waals surface area (Å²) >= 11 is -5.60. The molecule has 0 aliphatic rings. The number of carbonyl (C=O) groups is 6. The number of esters is 3. The molecule has 0 bridgehead atoms. The molecule has 0 rings (SSSR count). The van der Waals surface area contributed by atoms with Crippen molar-refractivity contribution >= 4 is 55.4 Å². The van der Waals surface area contributed by atoms with Crippen molar-refractivity contribution in [1.82, 2.24) is 0 Å². The summed E-state index contributed by atoms with van der Waals surface area (Å²) in [4.78, 5) is 77.1. The van der Waals surface area contributed by atoms with Gasteiger partial charge in [0.25, 0.3) is 0 Å². The van der Waals surface area contributed by atoms with Gasteiger partial charge in [-0.25, -0.2) is 0 Å². The van der Waals surface area contributed by atoms with Gasteiger partial charge in [0.2, 0.25) is 0 Å². The van der Waals surface area contributed by atoms with Gasteiger partial charge < -0.3 is 0 Å². The Morgan fingerprint density at radius 2 is 0.492 bits per heavy atom. The van der Waals surface area contributed by atoms with E-state index in [1.807, 2.05) is 0 Å². The number of ether oxygens (including phenoxy) is 3. The van der Waals surface area contributed by atoms with Crippen LogP contribution in [0.2, 0.25) is 4.44 Å². The van der Waals surface area contributed by atoms with Crippen molar-refractivity contribution < 1.29 is 52.2 Å². The molecule has 0 aliphatic carbocycles. The summed E-state index contributed by atoms with van der Waals surface area (Å²) in [6.45, 7) is 9.24. The zero-order valence-corrected chi connectivity index (χ0v) is 42.8. The zero-order chi connectivity index (χ0) is 46.5. The van der Waals surface area contributed by atoms with Gasteiger partial charge in [0.1, 0.15) is 0 Å². The molecule has 0 atom stereocenters. The Balaban J connectivity index is 5.76. The molecule has 12 nitrogen and oxygen atoms in total. The summed E-state index contributed by atoms with van der Waals surface area (Å²) in [7, 11) is 0. The third-order valence-electron chi connectivity index (χ3n) is 10.4. The third kappa shape index (κ3) is 40.1. The molecule has 362 valence electrons. The van der Waals surface area contributed by atoms with E-state index < -0.39 is 55.4 Å². The maximum absolute atomic E-state index is 13.2. The second-order valence-electron chi connectivity index (χ2n) is 16.4. The van der Waals surface area contributed by atoms with Crippen LogP contribution in [-0.4, -0.2) is 75.3 Å². The molecule has 0 N–H and O–H groups in total. The normalized spacial score (nSPS) is 11.6. The molecule has 0 spiro atoms. The zero-order valence-electron chi connectivity index (χ0n) is 39.9. The second-order valence-corrected chi connectivity index (χ2v) is 23.5. The van der Waals surface area contributed by atoms with Crippen LogP contribution >= 0.6 is 0 Å². The molecule has 13 heteroatoms. The van der Waals surface area contributed by atoms with E-state index in [0.29, 0.717) is 32.1 Å². The van der Waals surface area contributed by atoms with Crippen LogP contribution < -0.4 is 0 Å². The van der Waals surface area contributed by atoms with Crippen molar-refractivity contribution in [2.75, 3.05) is 19.8 Å². The molecule has 0 aromatic rings. The minimum absolute atomic E-state index is 0.0613. The van der Waals surface area contributed by atoms with Gasteiger partial charge in [-0.2, -0.15) is 0 Å². The van der Waals surface area contributed by atoms with Gasteiger partial charge in [-0.1, -0.05) is 78.6 Å². The minimum atomic E-state index is -5.60. The fraction of sp³-hybridized carbons (Fsp3) is 0.760. The van der Waals surface area contributed by atoms with Gasteiger partial charge in [-0.05, 0) is 0 Å². The van der Waals surface area contributed by atoms with Crippen molar-refractivity contribution in [1.29, 1.82) is 0 Å². The second kappa shape index (κ2) is 44.1. The molecule has 0 aromatic heterocycles. The Hall–Kier alpha value is -3.16. The topological polar surface area (TPSA) is 158 Å². The summed E-state index contributed by atoms with van der Waals surface area (Å²) in [5.74, 6) is -5.44. The molecular weight excluding hydrogens is 911 g/mol. The molecule has 0 saturated carbocycles. The Bertz CT molecular complexity index is 1150. The van der Waals surface area contributed by atoms with Gasteiger partial charge in [-0.3, -0.25) is 0 Å². The van der Waals surface area contributed by atoms with Gasteiger partial charge in [0.05, 0.1) is 0 Å². The fourth-order valence-corrected chi connectivity index (χ4v) is 13.1. The summed E-state index contributed by atoms with van der Waals surface area (Å²) in [5, 5.41) is 0. The maximum atomic E-state index is 13.2. The van der Waals surface area contributed by atoms with Crippen LogP contribution in [-0.2, 0) is 52.2 Å². The standard InChI is InChI=1S/3C14H24O4.C8H17.Sn/c3*1-2-3-4-5-6-7-8-9-12-18-14(17)11-10-13(15)16;1-3-5-7-8-6-4-2;/h3*10-11H,2-9,12H2,1H3,(H,15,16);1,3-8H2,2H3;/q;;;;+3/p-3/b3*11-10+;;. The van der Waals surface area contributed by atoms with Crippen molar-refractivity contribution in [3.05, 3.63) is 36.5 Å². The molecule has 0 aromatic carbocycles. The number of hydrogen-bond donors (Lipinski definition) is 0. The average molecular weight is 998 g/mol. The molecule has 0 unspecified atom stereocenters. The first-order valence-corrected chi connectivity index (χ1v) is 30.4. The van der Waals surface area contributed by atoms with E-state index in [-0.39, 0.29) is 24.3 Å². The Morgan fingerprint density at radius 1 is 0.286 bits per heavy atom. The number of unbranched alkanes of at least 4 members (excludes halogenated alkanes) is 26. The first-order valence-electron chi connectivity index (χ1n) is 24.8. The van der Waals surface area contributed by atoms with Crippen molar-refractivity contribution in [3.63, 3.8) is 0 Å². The van der Waals surface area contributed by atoms with Crippen LogP contribution in [0.1, 0.15) is 220 Å². The fourth-order valence-electron chi connectivity index (χ4n) is 6.68. The van der Waals surface area contributed by atoms with Crippen LogP contribution in [0.25, 0.3) is 0 Å². The van der Waals surface area contributed by atoms with E-state index in [9.17, 15) is 28.8 Å². The smallest absolute Gasteiger partial charge is 0.0654 e. The first-order chi connectivity index (χ1) is 30.6. The molecule has 0 aliphatic heterocycles. The predicted octanol–water partition coefficient (Wildman–Crippen LogP) is 12.6. The summed E-state index contributed by atoms with van der Waals surface area (Å²) in [6, 6.07) is 0. The van der Waals surface area contributed by atoms with Crippen LogP contribution in [0.3, 0.4) is 0 Å². The van der Waals surface area contributed by atoms with Crippen LogP contribution in [0.4, 0.5) is 0 Å². The number of carbonyl (C=O) groups excluding carboxylic acids is 6. The molecule has 0 radical (unpaired) electrons. The van der Waals surface area contributed by atoms with Crippen molar-refractivity contribution in [2.24, 2.45) is 0 Å². The Labute approximate surface area is 386 Å². The van der Waals surface area contributed by atoms with Crippen LogP contribution in [0, 0.1) is 0 Å². The third-order valence-corrected chi connectivity index (χ3v) is 17.5. The monoisotopic (exact) mass is 999 g/mol. The molecule has 0 saturated heterocycles. The quantitative estimate of drug-likeness (QED) is 0.0187. The van der Waals surface area contributed by atoms with E-state index in [1.165, 1.54) is 77.0 Å². The SMILES string of the molecule is CCCCCCCCCCOC(=O)/C=C/C(=O)[O][Sn]([CH2]CCCCCCC)([O]C(=O)/C=C/C(=O)OCCCCCCCCCC)[O]C(=O)/C=C/C(=O)OCCCCCCCCCC. The van der Waals surface area contributed by atoms with Gasteiger partial charge in [0.15, 0.2) is 0 Å². The van der Waals surface area contributed by atoms with E-state index in [0.717, 1.165) is 120 Å². The molecule has 0 heterocycles. The van der Waals surface area contributed by atoms with Crippen LogP contribution in [0.5, 0.6) is 0 Å². The van der Waals surface area contributed by atoms with Crippen molar-refractivity contribution in [3.8, 4) is 0 Å². The predicted molar refractivity (Wildman–Crippen MR) is 250 cm³/mol. The average Bonchev–Trinajstić information content (AvgIpc) is 3.26. The van der Waals surface area contributed by atoms with Gasteiger partial charge in [0, 0.05) is 0 Å². The molecule has 0 fully saturated rings. The van der Waals surface area contributed by atoms with Crippen molar-refractivity contribution in [2.45, 2.75) is 225 Å². The summed E-state index contributed by atoms with van der Waals surface area (Å²) < 4.78 is 32.9. The van der Waals surface area contributed by atoms with Crippen LogP contribution in [0.15, 0.2) is 36.5 Å². The first kappa shape index (κ1) is 59.8. The van der Waals surface area contributed by atoms with Gasteiger partial charge in [-0.15, -0.1) is 0 Å². The van der Waals surface area contributed by atoms with E-state index in [2.05, 4.69) is 27.7 Å². The molecule has 0 amide bonds. The summed E-state index contributed by atoms with van der Waals surface area (Å²) in [6.07, 6.45) is 36.3. The van der Waals surface area contributed by atoms with E-state index in [4.69, 9.17) is 23.4 Å². The van der Waals surface area contributed by atoms with Gasteiger partial charge >= 0.3 is 310 Å². The minimum Gasteiger partial charge on any atom is -0.0654 e. The summed E-state index contributed by atoms with van der Waals surface area (Å²) in [5.41, 5.74) is 0. The molecule has 63 heavy (non-hydrogen) atoms. The number of hydrogen-bond acceptors (Lipinski definition) is 12. The Kier molecular flexibility index (Phi) is 41.8. The van der Waals surface area contributed by atoms with E-state index in [1.54, 1.807) is 0 Å². The number of rotatable bonds is 43. The van der Waals surface area contributed by atoms with E-state index >= 15 is 0 Å². The Morgan fingerprint density at radius 3 is 0.746 bits per heavy atom. The molecular formula is C50H86O12Sn.